The van der Waals surface area contributed by atoms with Gasteiger partial charge in [-0.1, -0.05) is 11.6 Å². The Morgan fingerprint density at radius 2 is 1.75 bits per heavy atom. The number of methoxy groups -OCH3 is 2. The van der Waals surface area contributed by atoms with E-state index in [1.165, 1.54) is 7.11 Å². The number of ether oxygens (including phenoxy) is 2. The van der Waals surface area contributed by atoms with Crippen LogP contribution in [-0.2, 0) is 0 Å². The van der Waals surface area contributed by atoms with Gasteiger partial charge in [-0.15, -0.1) is 0 Å². The molecule has 0 aliphatic rings. The van der Waals surface area contributed by atoms with Gasteiger partial charge < -0.3 is 13.9 Å². The topological polar surface area (TPSA) is 48.7 Å². The first kappa shape index (κ1) is 12.8. The SMILES string of the molecule is COc1cc(Cl)c2c(c1)oc(=O)c1ccc(OC)cc12. The number of rotatable bonds is 2. The van der Waals surface area contributed by atoms with E-state index >= 15 is 0 Å². The monoisotopic (exact) mass is 290 g/mol. The molecule has 0 aliphatic heterocycles. The molecule has 0 unspecified atom stereocenters. The van der Waals surface area contributed by atoms with Gasteiger partial charge in [0.2, 0.25) is 0 Å². The molecule has 20 heavy (non-hydrogen) atoms. The van der Waals surface area contributed by atoms with Crippen LogP contribution in [0.5, 0.6) is 11.5 Å². The molecule has 0 fully saturated rings. The van der Waals surface area contributed by atoms with Crippen molar-refractivity contribution in [1.82, 2.24) is 0 Å². The average molecular weight is 291 g/mol. The lowest BCUT2D eigenvalue weighted by Gasteiger charge is -2.08. The maximum atomic E-state index is 12.0. The molecule has 0 bridgehead atoms. The van der Waals surface area contributed by atoms with Crippen LogP contribution in [0.25, 0.3) is 21.7 Å². The lowest BCUT2D eigenvalue weighted by atomic mass is 10.1. The van der Waals surface area contributed by atoms with E-state index in [0.29, 0.717) is 38.3 Å². The van der Waals surface area contributed by atoms with E-state index < -0.39 is 5.63 Å². The van der Waals surface area contributed by atoms with Crippen LogP contribution in [0.2, 0.25) is 5.02 Å². The maximum absolute atomic E-state index is 12.0. The Labute approximate surface area is 119 Å². The van der Waals surface area contributed by atoms with Crippen molar-refractivity contribution in [3.63, 3.8) is 0 Å². The van der Waals surface area contributed by atoms with Crippen LogP contribution < -0.4 is 15.1 Å². The van der Waals surface area contributed by atoms with Crippen molar-refractivity contribution >= 4 is 33.3 Å². The van der Waals surface area contributed by atoms with Gasteiger partial charge in [0.05, 0.1) is 24.6 Å². The molecular formula is C15H11ClO4. The average Bonchev–Trinajstić information content (AvgIpc) is 2.46. The maximum Gasteiger partial charge on any atom is 0.344 e. The van der Waals surface area contributed by atoms with Crippen molar-refractivity contribution in [2.45, 2.75) is 0 Å². The Morgan fingerprint density at radius 3 is 2.45 bits per heavy atom. The first-order chi connectivity index (χ1) is 9.63. The van der Waals surface area contributed by atoms with Gasteiger partial charge in [0.15, 0.2) is 0 Å². The lowest BCUT2D eigenvalue weighted by Crippen LogP contribution is -2.00. The van der Waals surface area contributed by atoms with Crippen molar-refractivity contribution in [1.29, 1.82) is 0 Å². The summed E-state index contributed by atoms with van der Waals surface area (Å²) >= 11 is 6.28. The second-order valence-corrected chi connectivity index (χ2v) is 4.69. The summed E-state index contributed by atoms with van der Waals surface area (Å²) in [5.41, 5.74) is -0.0282. The van der Waals surface area contributed by atoms with Gasteiger partial charge in [-0.2, -0.15) is 0 Å². The Balaban J connectivity index is 2.53. The molecule has 3 rings (SSSR count). The number of fused-ring (bicyclic) bond motifs is 3. The molecule has 0 saturated carbocycles. The molecule has 0 aliphatic carbocycles. The van der Waals surface area contributed by atoms with Gasteiger partial charge in [-0.25, -0.2) is 4.79 Å². The highest BCUT2D eigenvalue weighted by atomic mass is 35.5. The highest BCUT2D eigenvalue weighted by Gasteiger charge is 2.13. The van der Waals surface area contributed by atoms with Gasteiger partial charge in [0.25, 0.3) is 0 Å². The molecule has 0 radical (unpaired) electrons. The third-order valence-corrected chi connectivity index (χ3v) is 3.48. The van der Waals surface area contributed by atoms with E-state index in [-0.39, 0.29) is 0 Å². The van der Waals surface area contributed by atoms with E-state index in [4.69, 9.17) is 25.5 Å². The van der Waals surface area contributed by atoms with Crippen LogP contribution in [0, 0.1) is 0 Å². The molecule has 0 saturated heterocycles. The summed E-state index contributed by atoms with van der Waals surface area (Å²) in [5, 5.41) is 2.29. The van der Waals surface area contributed by atoms with Crippen LogP contribution >= 0.6 is 11.6 Å². The molecule has 1 heterocycles. The molecule has 4 nitrogen and oxygen atoms in total. The van der Waals surface area contributed by atoms with Crippen molar-refractivity contribution in [2.24, 2.45) is 0 Å². The Hall–Kier alpha value is -2.20. The minimum atomic E-state index is -0.417. The summed E-state index contributed by atoms with van der Waals surface area (Å²) in [4.78, 5) is 12.0. The quantitative estimate of drug-likeness (QED) is 0.534. The van der Waals surface area contributed by atoms with Gasteiger partial charge in [0.1, 0.15) is 17.1 Å². The number of halogens is 1. The predicted molar refractivity (Wildman–Crippen MR) is 78.1 cm³/mol. The number of hydrogen-bond donors (Lipinski definition) is 0. The first-order valence-corrected chi connectivity index (χ1v) is 6.30. The van der Waals surface area contributed by atoms with Gasteiger partial charge in [0, 0.05) is 16.8 Å². The second kappa shape index (κ2) is 4.72. The van der Waals surface area contributed by atoms with Crippen LogP contribution in [0.3, 0.4) is 0 Å². The molecule has 102 valence electrons. The largest absolute Gasteiger partial charge is 0.497 e. The van der Waals surface area contributed by atoms with E-state index in [0.717, 1.165) is 0 Å². The first-order valence-electron chi connectivity index (χ1n) is 5.92. The van der Waals surface area contributed by atoms with E-state index in [1.54, 1.807) is 37.4 Å². The van der Waals surface area contributed by atoms with Crippen LogP contribution in [0.1, 0.15) is 0 Å². The standard InChI is InChI=1S/C15H11ClO4/c1-18-8-3-4-10-11(5-8)14-12(16)6-9(19-2)7-13(14)20-15(10)17/h3-7H,1-2H3. The molecule has 0 spiro atoms. The molecule has 5 heteroatoms. The highest BCUT2D eigenvalue weighted by Crippen LogP contribution is 2.34. The van der Waals surface area contributed by atoms with Gasteiger partial charge >= 0.3 is 5.63 Å². The fourth-order valence-electron chi connectivity index (χ4n) is 2.21. The smallest absolute Gasteiger partial charge is 0.344 e. The van der Waals surface area contributed by atoms with Gasteiger partial charge in [-0.3, -0.25) is 0 Å². The fraction of sp³-hybridized carbons (Fsp3) is 0.133. The fourth-order valence-corrected chi connectivity index (χ4v) is 2.51. The molecule has 1 aromatic heterocycles. The molecule has 3 aromatic rings. The molecule has 0 amide bonds. The number of benzene rings is 2. The van der Waals surface area contributed by atoms with E-state index in [2.05, 4.69) is 0 Å². The van der Waals surface area contributed by atoms with Crippen molar-refractivity contribution in [2.75, 3.05) is 14.2 Å². The van der Waals surface area contributed by atoms with Crippen LogP contribution in [-0.4, -0.2) is 14.2 Å². The molecular weight excluding hydrogens is 280 g/mol. The zero-order chi connectivity index (χ0) is 14.3. The van der Waals surface area contributed by atoms with E-state index in [1.807, 2.05) is 0 Å². The third-order valence-electron chi connectivity index (χ3n) is 3.18. The minimum Gasteiger partial charge on any atom is -0.497 e. The Morgan fingerprint density at radius 1 is 1.00 bits per heavy atom. The molecule has 2 aromatic carbocycles. The summed E-state index contributed by atoms with van der Waals surface area (Å²) in [5.74, 6) is 1.18. The van der Waals surface area contributed by atoms with Crippen molar-refractivity contribution in [3.05, 3.63) is 45.8 Å². The third kappa shape index (κ3) is 1.89. The summed E-state index contributed by atoms with van der Waals surface area (Å²) in [6.45, 7) is 0. The summed E-state index contributed by atoms with van der Waals surface area (Å²) in [6, 6.07) is 8.47. The summed E-state index contributed by atoms with van der Waals surface area (Å²) in [6.07, 6.45) is 0. The minimum absolute atomic E-state index is 0.389. The van der Waals surface area contributed by atoms with Gasteiger partial charge in [-0.05, 0) is 24.3 Å². The predicted octanol–water partition coefficient (Wildman–Crippen LogP) is 3.62. The zero-order valence-corrected chi connectivity index (χ0v) is 11.7. The lowest BCUT2D eigenvalue weighted by molar-refractivity contribution is 0.414. The number of hydrogen-bond acceptors (Lipinski definition) is 4. The Bertz CT molecular complexity index is 867. The normalized spacial score (nSPS) is 10.9. The zero-order valence-electron chi connectivity index (χ0n) is 10.9. The van der Waals surface area contributed by atoms with Crippen LogP contribution in [0.4, 0.5) is 0 Å². The van der Waals surface area contributed by atoms with Crippen LogP contribution in [0.15, 0.2) is 39.5 Å². The van der Waals surface area contributed by atoms with Crippen molar-refractivity contribution in [3.8, 4) is 11.5 Å². The van der Waals surface area contributed by atoms with Crippen molar-refractivity contribution < 1.29 is 13.9 Å². The summed E-state index contributed by atoms with van der Waals surface area (Å²) in [7, 11) is 3.10. The highest BCUT2D eigenvalue weighted by molar-refractivity contribution is 6.37. The second-order valence-electron chi connectivity index (χ2n) is 4.28. The molecule has 0 N–H and O–H groups in total. The molecule has 0 atom stereocenters. The summed E-state index contributed by atoms with van der Waals surface area (Å²) < 4.78 is 15.6. The van der Waals surface area contributed by atoms with E-state index in [9.17, 15) is 4.79 Å². The Kier molecular flexibility index (Phi) is 3.03.